The van der Waals surface area contributed by atoms with Crippen LogP contribution in [0.25, 0.3) is 0 Å². The highest BCUT2D eigenvalue weighted by Gasteiger charge is 2.14. The predicted octanol–water partition coefficient (Wildman–Crippen LogP) is 2.22. The summed E-state index contributed by atoms with van der Waals surface area (Å²) >= 11 is 0. The predicted molar refractivity (Wildman–Crippen MR) is 81.3 cm³/mol. The molecule has 0 heterocycles. The molecule has 0 aliphatic heterocycles. The van der Waals surface area contributed by atoms with E-state index in [2.05, 4.69) is 12.2 Å². The summed E-state index contributed by atoms with van der Waals surface area (Å²) in [6.45, 7) is 2.07. The van der Waals surface area contributed by atoms with Gasteiger partial charge < -0.3 is 11.1 Å². The van der Waals surface area contributed by atoms with Crippen LogP contribution in [0.2, 0.25) is 0 Å². The lowest BCUT2D eigenvalue weighted by Crippen LogP contribution is -2.14. The van der Waals surface area contributed by atoms with Gasteiger partial charge in [-0.3, -0.25) is 0 Å². The summed E-state index contributed by atoms with van der Waals surface area (Å²) in [4.78, 5) is -0.0166. The number of nitrogens with two attached hydrogens (primary N) is 2. The molecule has 0 spiro atoms. The van der Waals surface area contributed by atoms with Crippen molar-refractivity contribution < 1.29 is 8.42 Å². The lowest BCUT2D eigenvalue weighted by atomic mass is 10.1. The van der Waals surface area contributed by atoms with Gasteiger partial charge in [0.05, 0.1) is 5.69 Å². The number of hydrogen-bond donors (Lipinski definition) is 3. The Morgan fingerprint density at radius 3 is 2.30 bits per heavy atom. The third kappa shape index (κ3) is 3.28. The van der Waals surface area contributed by atoms with E-state index in [-0.39, 0.29) is 4.90 Å². The Hall–Kier alpha value is -2.05. The Bertz CT molecular complexity index is 710. The van der Waals surface area contributed by atoms with Gasteiger partial charge in [-0.15, -0.1) is 0 Å². The molecule has 6 heteroatoms. The maximum Gasteiger partial charge on any atom is 0.240 e. The molecular formula is C14H17N3O2S. The van der Waals surface area contributed by atoms with E-state index >= 15 is 0 Å². The first-order valence-electron chi connectivity index (χ1n) is 6.18. The zero-order chi connectivity index (χ0) is 14.8. The number of sulfonamides is 1. The smallest absolute Gasteiger partial charge is 0.240 e. The van der Waals surface area contributed by atoms with E-state index in [0.717, 1.165) is 12.1 Å². The fourth-order valence-electron chi connectivity index (χ4n) is 1.86. The summed E-state index contributed by atoms with van der Waals surface area (Å²) in [5, 5.41) is 8.25. The van der Waals surface area contributed by atoms with Crippen LogP contribution in [0.1, 0.15) is 12.5 Å². The zero-order valence-electron chi connectivity index (χ0n) is 11.1. The second kappa shape index (κ2) is 5.52. The largest absolute Gasteiger partial charge is 0.399 e. The van der Waals surface area contributed by atoms with Crippen LogP contribution in [0.5, 0.6) is 0 Å². The van der Waals surface area contributed by atoms with E-state index in [1.807, 2.05) is 24.3 Å². The average molecular weight is 291 g/mol. The van der Waals surface area contributed by atoms with Crippen LogP contribution < -0.4 is 16.2 Å². The maximum absolute atomic E-state index is 11.6. The summed E-state index contributed by atoms with van der Waals surface area (Å²) in [7, 11) is -3.83. The molecule has 0 aliphatic rings. The SMILES string of the molecule is CCc1ccc(Nc2ccc(N)cc2S(N)(=O)=O)cc1. The molecular weight excluding hydrogens is 274 g/mol. The second-order valence-corrected chi connectivity index (χ2v) is 6.01. The van der Waals surface area contributed by atoms with Crippen LogP contribution in [-0.2, 0) is 16.4 Å². The maximum atomic E-state index is 11.6. The summed E-state index contributed by atoms with van der Waals surface area (Å²) in [6, 6.07) is 12.3. The molecule has 0 saturated heterocycles. The molecule has 5 nitrogen and oxygen atoms in total. The van der Waals surface area contributed by atoms with Gasteiger partial charge in [0, 0.05) is 11.4 Å². The molecule has 0 unspecified atom stereocenters. The second-order valence-electron chi connectivity index (χ2n) is 4.48. The molecule has 0 saturated carbocycles. The van der Waals surface area contributed by atoms with Crippen molar-refractivity contribution in [3.8, 4) is 0 Å². The van der Waals surface area contributed by atoms with Crippen molar-refractivity contribution in [2.75, 3.05) is 11.1 Å². The quantitative estimate of drug-likeness (QED) is 0.752. The van der Waals surface area contributed by atoms with E-state index in [1.54, 1.807) is 12.1 Å². The van der Waals surface area contributed by atoms with E-state index in [0.29, 0.717) is 11.4 Å². The topological polar surface area (TPSA) is 98.2 Å². The van der Waals surface area contributed by atoms with Gasteiger partial charge in [0.1, 0.15) is 4.90 Å². The summed E-state index contributed by atoms with van der Waals surface area (Å²) in [5.41, 5.74) is 8.36. The number of aryl methyl sites for hydroxylation is 1. The van der Waals surface area contributed by atoms with Gasteiger partial charge in [-0.2, -0.15) is 0 Å². The Labute approximate surface area is 118 Å². The third-order valence-electron chi connectivity index (χ3n) is 2.95. The van der Waals surface area contributed by atoms with Gasteiger partial charge in [-0.25, -0.2) is 13.6 Å². The fraction of sp³-hybridized carbons (Fsp3) is 0.143. The summed E-state index contributed by atoms with van der Waals surface area (Å²) < 4.78 is 23.2. The number of hydrogen-bond acceptors (Lipinski definition) is 4. The summed E-state index contributed by atoms with van der Waals surface area (Å²) in [5.74, 6) is 0. The molecule has 0 aliphatic carbocycles. The minimum Gasteiger partial charge on any atom is -0.399 e. The van der Waals surface area contributed by atoms with Crippen molar-refractivity contribution in [1.29, 1.82) is 0 Å². The Balaban J connectivity index is 2.38. The molecule has 106 valence electrons. The van der Waals surface area contributed by atoms with Gasteiger partial charge >= 0.3 is 0 Å². The van der Waals surface area contributed by atoms with Crippen LogP contribution >= 0.6 is 0 Å². The van der Waals surface area contributed by atoms with E-state index in [9.17, 15) is 8.42 Å². The third-order valence-corrected chi connectivity index (χ3v) is 3.90. The molecule has 0 fully saturated rings. The number of anilines is 3. The number of nitrogens with one attached hydrogen (secondary N) is 1. The van der Waals surface area contributed by atoms with Crippen molar-refractivity contribution in [2.24, 2.45) is 5.14 Å². The Morgan fingerprint density at radius 2 is 1.75 bits per heavy atom. The van der Waals surface area contributed by atoms with Crippen molar-refractivity contribution in [1.82, 2.24) is 0 Å². The van der Waals surface area contributed by atoms with Crippen LogP contribution in [0, 0.1) is 0 Å². The first-order valence-corrected chi connectivity index (χ1v) is 7.73. The number of nitrogen functional groups attached to an aromatic ring is 1. The van der Waals surface area contributed by atoms with Crippen molar-refractivity contribution in [3.63, 3.8) is 0 Å². The molecule has 0 atom stereocenters. The number of rotatable bonds is 4. The normalized spacial score (nSPS) is 11.3. The van der Waals surface area contributed by atoms with Crippen molar-refractivity contribution in [3.05, 3.63) is 48.0 Å². The van der Waals surface area contributed by atoms with E-state index in [1.165, 1.54) is 11.6 Å². The van der Waals surface area contributed by atoms with Gasteiger partial charge in [-0.05, 0) is 42.3 Å². The van der Waals surface area contributed by atoms with Crippen LogP contribution in [-0.4, -0.2) is 8.42 Å². The molecule has 2 aromatic carbocycles. The molecule has 0 amide bonds. The van der Waals surface area contributed by atoms with E-state index in [4.69, 9.17) is 10.9 Å². The van der Waals surface area contributed by atoms with Crippen LogP contribution in [0.3, 0.4) is 0 Å². The van der Waals surface area contributed by atoms with Gasteiger partial charge in [0.25, 0.3) is 0 Å². The number of benzene rings is 2. The molecule has 5 N–H and O–H groups in total. The lowest BCUT2D eigenvalue weighted by molar-refractivity contribution is 0.598. The highest BCUT2D eigenvalue weighted by Crippen LogP contribution is 2.26. The zero-order valence-corrected chi connectivity index (χ0v) is 11.9. The Morgan fingerprint density at radius 1 is 1.10 bits per heavy atom. The first kappa shape index (κ1) is 14.4. The van der Waals surface area contributed by atoms with E-state index < -0.39 is 10.0 Å². The first-order chi connectivity index (χ1) is 9.40. The Kier molecular flexibility index (Phi) is 3.96. The molecule has 2 aromatic rings. The lowest BCUT2D eigenvalue weighted by Gasteiger charge is -2.12. The van der Waals surface area contributed by atoms with Crippen molar-refractivity contribution >= 4 is 27.1 Å². The van der Waals surface area contributed by atoms with Gasteiger partial charge in [0.2, 0.25) is 10.0 Å². The molecule has 0 bridgehead atoms. The standard InChI is InChI=1S/C14H17N3O2S/c1-2-10-3-6-12(7-4-10)17-13-8-5-11(15)9-14(13)20(16,18)19/h3-9,17H,2,15H2,1H3,(H2,16,18,19). The fourth-order valence-corrected chi connectivity index (χ4v) is 2.58. The highest BCUT2D eigenvalue weighted by atomic mass is 32.2. The highest BCUT2D eigenvalue weighted by molar-refractivity contribution is 7.89. The number of primary sulfonamides is 1. The molecule has 0 radical (unpaired) electrons. The van der Waals surface area contributed by atoms with Crippen LogP contribution in [0.4, 0.5) is 17.1 Å². The average Bonchev–Trinajstić information content (AvgIpc) is 2.40. The molecule has 0 aromatic heterocycles. The van der Waals surface area contributed by atoms with Crippen LogP contribution in [0.15, 0.2) is 47.4 Å². The minimum absolute atomic E-state index is 0.0166. The van der Waals surface area contributed by atoms with Gasteiger partial charge in [-0.1, -0.05) is 19.1 Å². The van der Waals surface area contributed by atoms with Gasteiger partial charge in [0.15, 0.2) is 0 Å². The monoisotopic (exact) mass is 291 g/mol. The van der Waals surface area contributed by atoms with Crippen molar-refractivity contribution in [2.45, 2.75) is 18.2 Å². The summed E-state index contributed by atoms with van der Waals surface area (Å²) in [6.07, 6.45) is 0.949. The molecule has 2 rings (SSSR count). The molecule has 20 heavy (non-hydrogen) atoms. The minimum atomic E-state index is -3.83.